The number of carbonyl (C=O) groups excluding carboxylic acids is 3. The lowest BCUT2D eigenvalue weighted by molar-refractivity contribution is -0.134. The molecule has 1 saturated heterocycles. The number of nitrogens with one attached hydrogen (secondary N) is 2. The predicted octanol–water partition coefficient (Wildman–Crippen LogP) is 3.11. The summed E-state index contributed by atoms with van der Waals surface area (Å²) >= 11 is 0. The molecule has 0 aromatic heterocycles. The van der Waals surface area contributed by atoms with E-state index in [4.69, 9.17) is 9.47 Å². The van der Waals surface area contributed by atoms with Gasteiger partial charge in [0.15, 0.2) is 0 Å². The van der Waals surface area contributed by atoms with Gasteiger partial charge in [-0.3, -0.25) is 14.4 Å². The van der Waals surface area contributed by atoms with Crippen LogP contribution in [0.2, 0.25) is 0 Å². The molecule has 8 heteroatoms. The first-order chi connectivity index (χ1) is 15.8. The van der Waals surface area contributed by atoms with Gasteiger partial charge in [0.05, 0.1) is 24.1 Å². The Kier molecular flexibility index (Phi) is 7.22. The molecule has 2 heterocycles. The first-order valence-corrected chi connectivity index (χ1v) is 12.1. The van der Waals surface area contributed by atoms with Gasteiger partial charge < -0.3 is 25.0 Å². The van der Waals surface area contributed by atoms with Crippen molar-refractivity contribution >= 4 is 23.4 Å². The Balaban J connectivity index is 1.42. The fourth-order valence-electron chi connectivity index (χ4n) is 4.96. The van der Waals surface area contributed by atoms with E-state index in [0.717, 1.165) is 19.3 Å². The van der Waals surface area contributed by atoms with Crippen molar-refractivity contribution in [3.63, 3.8) is 0 Å². The third-order valence-corrected chi connectivity index (χ3v) is 6.94. The second kappa shape index (κ2) is 10.1. The lowest BCUT2D eigenvalue weighted by Crippen LogP contribution is -2.54. The number of fused-ring (bicyclic) bond motifs is 2. The smallest absolute Gasteiger partial charge is 0.257 e. The Morgan fingerprint density at radius 3 is 2.64 bits per heavy atom. The maximum Gasteiger partial charge on any atom is 0.257 e. The number of hydrogen-bond donors (Lipinski definition) is 2. The van der Waals surface area contributed by atoms with E-state index < -0.39 is 0 Å². The molecule has 0 spiro atoms. The average molecular weight is 458 g/mol. The Morgan fingerprint density at radius 1 is 1.15 bits per heavy atom. The van der Waals surface area contributed by atoms with Crippen LogP contribution in [0.4, 0.5) is 5.69 Å². The number of likely N-dealkylation sites (N-methyl/N-ethyl adjacent to an activating group) is 1. The van der Waals surface area contributed by atoms with Crippen LogP contribution in [0.25, 0.3) is 0 Å². The predicted molar refractivity (Wildman–Crippen MR) is 124 cm³/mol. The van der Waals surface area contributed by atoms with Crippen LogP contribution >= 0.6 is 0 Å². The first kappa shape index (κ1) is 23.5. The van der Waals surface area contributed by atoms with Gasteiger partial charge in [-0.15, -0.1) is 0 Å². The van der Waals surface area contributed by atoms with Crippen LogP contribution in [-0.2, 0) is 14.3 Å². The molecule has 4 rings (SSSR count). The highest BCUT2D eigenvalue weighted by atomic mass is 16.5. The van der Waals surface area contributed by atoms with Crippen LogP contribution in [0.3, 0.4) is 0 Å². The Labute approximate surface area is 195 Å². The molecule has 0 unspecified atom stereocenters. The molecule has 3 amide bonds. The minimum absolute atomic E-state index is 0.0443. The van der Waals surface area contributed by atoms with Crippen LogP contribution in [0.1, 0.15) is 69.2 Å². The van der Waals surface area contributed by atoms with Crippen molar-refractivity contribution < 1.29 is 23.9 Å². The fourth-order valence-corrected chi connectivity index (χ4v) is 4.96. The molecule has 3 aliphatic rings. The minimum Gasteiger partial charge on any atom is -0.490 e. The van der Waals surface area contributed by atoms with Crippen molar-refractivity contribution in [1.29, 1.82) is 0 Å². The van der Waals surface area contributed by atoms with Gasteiger partial charge in [-0.05, 0) is 43.9 Å². The molecule has 1 saturated carbocycles. The van der Waals surface area contributed by atoms with E-state index in [1.807, 2.05) is 13.8 Å². The summed E-state index contributed by atoms with van der Waals surface area (Å²) in [5.74, 6) is 0.0861. The average Bonchev–Trinajstić information content (AvgIpc) is 3.29. The van der Waals surface area contributed by atoms with Gasteiger partial charge in [0.2, 0.25) is 11.8 Å². The van der Waals surface area contributed by atoms with E-state index in [1.54, 1.807) is 30.1 Å². The molecule has 3 atom stereocenters. The highest BCUT2D eigenvalue weighted by Gasteiger charge is 2.39. The van der Waals surface area contributed by atoms with Crippen LogP contribution in [0.5, 0.6) is 5.75 Å². The highest BCUT2D eigenvalue weighted by Crippen LogP contribution is 2.32. The van der Waals surface area contributed by atoms with Crippen molar-refractivity contribution in [1.82, 2.24) is 10.2 Å². The summed E-state index contributed by atoms with van der Waals surface area (Å²) in [6.45, 7) is 3.94. The summed E-state index contributed by atoms with van der Waals surface area (Å²) in [5.41, 5.74) is 0.999. The minimum atomic E-state index is -0.301. The van der Waals surface area contributed by atoms with E-state index in [1.165, 1.54) is 12.8 Å². The molecule has 0 bridgehead atoms. The van der Waals surface area contributed by atoms with Crippen molar-refractivity contribution in [3.8, 4) is 5.75 Å². The summed E-state index contributed by atoms with van der Waals surface area (Å²) in [4.78, 5) is 39.5. The summed E-state index contributed by atoms with van der Waals surface area (Å²) < 4.78 is 12.3. The van der Waals surface area contributed by atoms with Gasteiger partial charge in [0.1, 0.15) is 18.5 Å². The summed E-state index contributed by atoms with van der Waals surface area (Å²) in [7, 11) is 1.78. The zero-order valence-electron chi connectivity index (χ0n) is 19.8. The van der Waals surface area contributed by atoms with Crippen LogP contribution < -0.4 is 15.4 Å². The molecule has 8 nitrogen and oxygen atoms in total. The zero-order chi connectivity index (χ0) is 23.5. The van der Waals surface area contributed by atoms with Gasteiger partial charge in [-0.25, -0.2) is 0 Å². The monoisotopic (exact) mass is 457 g/mol. The Hall–Kier alpha value is -2.61. The molecule has 2 aliphatic heterocycles. The summed E-state index contributed by atoms with van der Waals surface area (Å²) in [6, 6.07) is 5.30. The zero-order valence-corrected chi connectivity index (χ0v) is 19.8. The number of hydrogen-bond acceptors (Lipinski definition) is 5. The van der Waals surface area contributed by atoms with Gasteiger partial charge in [0.25, 0.3) is 5.91 Å². The second-order valence-electron chi connectivity index (χ2n) is 9.78. The van der Waals surface area contributed by atoms with Crippen molar-refractivity contribution in [2.45, 2.75) is 83.1 Å². The molecule has 1 aliphatic carbocycles. The normalized spacial score (nSPS) is 25.5. The number of amides is 3. The number of carbonyl (C=O) groups is 3. The number of ether oxygens (including phenoxy) is 2. The SMILES string of the molecule is CC(C)C(=O)Nc1ccc2c(c1)C(=O)N(C)[C@H]1CC[C@H](CC(=O)NC3CCCC3)O[C@H]1CO2. The molecule has 1 aromatic rings. The van der Waals surface area contributed by atoms with Crippen LogP contribution in [0.15, 0.2) is 18.2 Å². The summed E-state index contributed by atoms with van der Waals surface area (Å²) in [6.07, 6.45) is 5.81. The van der Waals surface area contributed by atoms with E-state index in [-0.39, 0.29) is 41.9 Å². The van der Waals surface area contributed by atoms with Crippen molar-refractivity contribution in [3.05, 3.63) is 23.8 Å². The van der Waals surface area contributed by atoms with E-state index >= 15 is 0 Å². The maximum atomic E-state index is 13.3. The van der Waals surface area contributed by atoms with Crippen LogP contribution in [-0.4, -0.2) is 60.6 Å². The number of anilines is 1. The van der Waals surface area contributed by atoms with Gasteiger partial charge in [-0.2, -0.15) is 0 Å². The molecule has 0 radical (unpaired) electrons. The quantitative estimate of drug-likeness (QED) is 0.708. The largest absolute Gasteiger partial charge is 0.490 e. The molecular formula is C25H35N3O5. The fraction of sp³-hybridized carbons (Fsp3) is 0.640. The number of nitrogens with zero attached hydrogens (tertiary/aromatic N) is 1. The lowest BCUT2D eigenvalue weighted by Gasteiger charge is -2.42. The molecule has 2 N–H and O–H groups in total. The maximum absolute atomic E-state index is 13.3. The second-order valence-corrected chi connectivity index (χ2v) is 9.78. The number of benzene rings is 1. The van der Waals surface area contributed by atoms with E-state index in [9.17, 15) is 14.4 Å². The van der Waals surface area contributed by atoms with Gasteiger partial charge in [-0.1, -0.05) is 26.7 Å². The Bertz CT molecular complexity index is 896. The van der Waals surface area contributed by atoms with Crippen molar-refractivity contribution in [2.24, 2.45) is 5.92 Å². The van der Waals surface area contributed by atoms with E-state index in [2.05, 4.69) is 10.6 Å². The van der Waals surface area contributed by atoms with Crippen molar-refractivity contribution in [2.75, 3.05) is 19.0 Å². The molecule has 1 aromatic carbocycles. The van der Waals surface area contributed by atoms with Gasteiger partial charge in [0, 0.05) is 24.7 Å². The standard InChI is InChI=1S/C25H35N3O5/c1-15(2)24(30)27-17-8-11-21-19(12-17)25(31)28(3)20-10-9-18(33-22(20)14-32-21)13-23(29)26-16-6-4-5-7-16/h8,11-12,15-16,18,20,22H,4-7,9-10,13-14H2,1-3H3,(H,26,29)(H,27,30)/t18-,20+,22+/m1/s1. The lowest BCUT2D eigenvalue weighted by atomic mass is 9.94. The molecule has 2 fully saturated rings. The molecule has 33 heavy (non-hydrogen) atoms. The topological polar surface area (TPSA) is 97.0 Å². The van der Waals surface area contributed by atoms with E-state index in [0.29, 0.717) is 42.5 Å². The highest BCUT2D eigenvalue weighted by molar-refractivity contribution is 6.00. The number of rotatable bonds is 5. The molecular weight excluding hydrogens is 422 g/mol. The summed E-state index contributed by atoms with van der Waals surface area (Å²) in [5, 5.41) is 5.97. The Morgan fingerprint density at radius 2 is 1.91 bits per heavy atom. The van der Waals surface area contributed by atoms with Gasteiger partial charge >= 0.3 is 0 Å². The third kappa shape index (κ3) is 5.49. The first-order valence-electron chi connectivity index (χ1n) is 12.1. The third-order valence-electron chi connectivity index (χ3n) is 6.94. The molecule has 180 valence electrons. The van der Waals surface area contributed by atoms with Crippen LogP contribution in [0, 0.1) is 5.92 Å².